The van der Waals surface area contributed by atoms with Crippen molar-refractivity contribution in [3.63, 3.8) is 0 Å². The van der Waals surface area contributed by atoms with Crippen LogP contribution in [0.3, 0.4) is 0 Å². The predicted molar refractivity (Wildman–Crippen MR) is 71.9 cm³/mol. The van der Waals surface area contributed by atoms with Crippen molar-refractivity contribution in [3.05, 3.63) is 0 Å². The molecule has 0 heterocycles. The van der Waals surface area contributed by atoms with Gasteiger partial charge in [-0.15, -0.1) is 0 Å². The molecule has 3 heteroatoms. The van der Waals surface area contributed by atoms with Gasteiger partial charge in [-0.1, -0.05) is 13.3 Å². The largest absolute Gasteiger partial charge is 0.353 e. The van der Waals surface area contributed by atoms with Gasteiger partial charge in [0.05, 0.1) is 0 Å². The van der Waals surface area contributed by atoms with Crippen LogP contribution in [-0.4, -0.2) is 18.0 Å². The molecule has 6 unspecified atom stereocenters. The summed E-state index contributed by atoms with van der Waals surface area (Å²) >= 11 is 0. The summed E-state index contributed by atoms with van der Waals surface area (Å²) < 4.78 is 0. The van der Waals surface area contributed by atoms with E-state index in [0.29, 0.717) is 12.5 Å². The van der Waals surface area contributed by atoms with Gasteiger partial charge in [0.15, 0.2) is 0 Å². The van der Waals surface area contributed by atoms with Gasteiger partial charge in [0, 0.05) is 18.5 Å². The van der Waals surface area contributed by atoms with Crippen molar-refractivity contribution in [1.29, 1.82) is 0 Å². The Kier molecular flexibility index (Phi) is 3.35. The lowest BCUT2D eigenvalue weighted by Crippen LogP contribution is -2.44. The molecule has 0 saturated heterocycles. The van der Waals surface area contributed by atoms with Crippen LogP contribution in [0.15, 0.2) is 0 Å². The molecule has 0 aliphatic heterocycles. The first-order valence-electron chi connectivity index (χ1n) is 7.74. The van der Waals surface area contributed by atoms with Crippen molar-refractivity contribution in [2.75, 3.05) is 0 Å². The lowest BCUT2D eigenvalue weighted by Gasteiger charge is -2.32. The van der Waals surface area contributed by atoms with E-state index in [0.717, 1.165) is 30.1 Å². The SMILES string of the molecule is CCC(N)CC(=O)NC1CC2CC1C1CCCC21. The molecule has 1 amide bonds. The van der Waals surface area contributed by atoms with Gasteiger partial charge in [-0.05, 0) is 55.8 Å². The van der Waals surface area contributed by atoms with Crippen molar-refractivity contribution >= 4 is 5.91 Å². The quantitative estimate of drug-likeness (QED) is 0.802. The minimum atomic E-state index is 0.0304. The Balaban J connectivity index is 1.55. The van der Waals surface area contributed by atoms with E-state index in [9.17, 15) is 4.79 Å². The molecule has 0 aromatic heterocycles. The summed E-state index contributed by atoms with van der Waals surface area (Å²) in [6, 6.07) is 0.494. The van der Waals surface area contributed by atoms with Crippen LogP contribution in [0, 0.1) is 23.7 Å². The maximum Gasteiger partial charge on any atom is 0.221 e. The molecular formula is C15H26N2O. The second-order valence-electron chi connectivity index (χ2n) is 6.70. The summed E-state index contributed by atoms with van der Waals surface area (Å²) in [5, 5.41) is 3.27. The lowest BCUT2D eigenvalue weighted by atomic mass is 9.79. The highest BCUT2D eigenvalue weighted by atomic mass is 16.1. The van der Waals surface area contributed by atoms with Crippen molar-refractivity contribution in [2.45, 2.75) is 64.0 Å². The van der Waals surface area contributed by atoms with Crippen LogP contribution >= 0.6 is 0 Å². The molecule has 0 radical (unpaired) electrons. The molecule has 102 valence electrons. The number of nitrogens with one attached hydrogen (secondary N) is 1. The minimum Gasteiger partial charge on any atom is -0.353 e. The number of fused-ring (bicyclic) bond motifs is 5. The molecule has 3 N–H and O–H groups in total. The second-order valence-corrected chi connectivity index (χ2v) is 6.70. The minimum absolute atomic E-state index is 0.0304. The van der Waals surface area contributed by atoms with Gasteiger partial charge in [-0.25, -0.2) is 0 Å². The molecule has 0 aromatic rings. The number of carbonyl (C=O) groups is 1. The molecule has 0 aromatic carbocycles. The third-order valence-corrected chi connectivity index (χ3v) is 5.75. The summed E-state index contributed by atoms with van der Waals surface area (Å²) in [6.07, 6.45) is 8.27. The molecule has 3 aliphatic rings. The first kappa shape index (κ1) is 12.5. The highest BCUT2D eigenvalue weighted by molar-refractivity contribution is 5.77. The van der Waals surface area contributed by atoms with E-state index in [1.807, 2.05) is 6.92 Å². The Bertz CT molecular complexity index is 330. The molecule has 6 atom stereocenters. The molecular weight excluding hydrogens is 224 g/mol. The molecule has 3 rings (SSSR count). The standard InChI is InChI=1S/C15H26N2O/c1-2-10(16)8-15(18)17-14-7-9-6-13(14)12-5-3-4-11(9)12/h9-14H,2-8,16H2,1H3,(H,17,18). The first-order chi connectivity index (χ1) is 8.69. The van der Waals surface area contributed by atoms with Gasteiger partial charge in [0.1, 0.15) is 0 Å². The molecule has 3 nitrogen and oxygen atoms in total. The summed E-state index contributed by atoms with van der Waals surface area (Å²) in [5.41, 5.74) is 5.85. The Morgan fingerprint density at radius 2 is 2.06 bits per heavy atom. The van der Waals surface area contributed by atoms with E-state index in [1.165, 1.54) is 32.1 Å². The summed E-state index contributed by atoms with van der Waals surface area (Å²) in [7, 11) is 0. The third-order valence-electron chi connectivity index (χ3n) is 5.75. The number of amides is 1. The van der Waals surface area contributed by atoms with Crippen molar-refractivity contribution in [2.24, 2.45) is 29.4 Å². The Morgan fingerprint density at radius 1 is 1.28 bits per heavy atom. The number of carbonyl (C=O) groups excluding carboxylic acids is 1. The molecule has 0 spiro atoms. The number of rotatable bonds is 4. The van der Waals surface area contributed by atoms with Crippen LogP contribution in [0.2, 0.25) is 0 Å². The average Bonchev–Trinajstić information content (AvgIpc) is 2.98. The van der Waals surface area contributed by atoms with E-state index < -0.39 is 0 Å². The summed E-state index contributed by atoms with van der Waals surface area (Å²) in [4.78, 5) is 11.9. The highest BCUT2D eigenvalue weighted by Gasteiger charge is 2.53. The fourth-order valence-electron chi connectivity index (χ4n) is 4.88. The number of hydrogen-bond acceptors (Lipinski definition) is 2. The Morgan fingerprint density at radius 3 is 2.83 bits per heavy atom. The zero-order valence-electron chi connectivity index (χ0n) is 11.4. The van der Waals surface area contributed by atoms with Gasteiger partial charge >= 0.3 is 0 Å². The van der Waals surface area contributed by atoms with Crippen molar-refractivity contribution in [1.82, 2.24) is 5.32 Å². The maximum absolute atomic E-state index is 11.9. The van der Waals surface area contributed by atoms with Gasteiger partial charge in [-0.3, -0.25) is 4.79 Å². The fourth-order valence-corrected chi connectivity index (χ4v) is 4.88. The Hall–Kier alpha value is -0.570. The van der Waals surface area contributed by atoms with E-state index in [1.54, 1.807) is 0 Å². The molecule has 3 saturated carbocycles. The van der Waals surface area contributed by atoms with Gasteiger partial charge in [0.25, 0.3) is 0 Å². The van der Waals surface area contributed by atoms with Crippen LogP contribution in [0.5, 0.6) is 0 Å². The Labute approximate surface area is 110 Å². The van der Waals surface area contributed by atoms with Gasteiger partial charge < -0.3 is 11.1 Å². The number of nitrogens with two attached hydrogens (primary N) is 1. The topological polar surface area (TPSA) is 55.1 Å². The van der Waals surface area contributed by atoms with Crippen LogP contribution in [-0.2, 0) is 4.79 Å². The van der Waals surface area contributed by atoms with Crippen molar-refractivity contribution < 1.29 is 4.79 Å². The number of hydrogen-bond donors (Lipinski definition) is 2. The van der Waals surface area contributed by atoms with Gasteiger partial charge in [0.2, 0.25) is 5.91 Å². The fraction of sp³-hybridized carbons (Fsp3) is 0.933. The van der Waals surface area contributed by atoms with Crippen LogP contribution in [0.4, 0.5) is 0 Å². The molecule has 3 aliphatic carbocycles. The summed E-state index contributed by atoms with van der Waals surface area (Å²) in [6.45, 7) is 2.04. The zero-order valence-corrected chi connectivity index (χ0v) is 11.4. The third kappa shape index (κ3) is 2.07. The van der Waals surface area contributed by atoms with Crippen molar-refractivity contribution in [3.8, 4) is 0 Å². The first-order valence-corrected chi connectivity index (χ1v) is 7.74. The molecule has 3 fully saturated rings. The highest BCUT2D eigenvalue weighted by Crippen LogP contribution is 2.58. The predicted octanol–water partition coefficient (Wildman–Crippen LogP) is 2.05. The van der Waals surface area contributed by atoms with E-state index in [-0.39, 0.29) is 11.9 Å². The van der Waals surface area contributed by atoms with Crippen LogP contribution < -0.4 is 11.1 Å². The van der Waals surface area contributed by atoms with Gasteiger partial charge in [-0.2, -0.15) is 0 Å². The second kappa shape index (κ2) is 4.84. The monoisotopic (exact) mass is 250 g/mol. The molecule has 18 heavy (non-hydrogen) atoms. The average molecular weight is 250 g/mol. The van der Waals surface area contributed by atoms with E-state index in [4.69, 9.17) is 5.73 Å². The maximum atomic E-state index is 11.9. The van der Waals surface area contributed by atoms with Crippen LogP contribution in [0.1, 0.15) is 51.9 Å². The van der Waals surface area contributed by atoms with E-state index in [2.05, 4.69) is 5.32 Å². The summed E-state index contributed by atoms with van der Waals surface area (Å²) in [5.74, 6) is 3.79. The zero-order chi connectivity index (χ0) is 12.7. The normalized spacial score (nSPS) is 42.9. The smallest absolute Gasteiger partial charge is 0.221 e. The van der Waals surface area contributed by atoms with E-state index >= 15 is 0 Å². The lowest BCUT2D eigenvalue weighted by molar-refractivity contribution is -0.122. The van der Waals surface area contributed by atoms with Crippen LogP contribution in [0.25, 0.3) is 0 Å². The molecule has 2 bridgehead atoms.